The Labute approximate surface area is 207 Å². The van der Waals surface area contributed by atoms with Crippen molar-refractivity contribution in [2.75, 3.05) is 6.61 Å². The van der Waals surface area contributed by atoms with E-state index >= 15 is 4.39 Å². The Kier molecular flexibility index (Phi) is 8.74. The molecule has 0 bridgehead atoms. The Balaban J connectivity index is 1.44. The average Bonchev–Trinajstić information content (AvgIpc) is 2.86. The molecular formula is C31H35F3O. The molecule has 4 unspecified atom stereocenters. The van der Waals surface area contributed by atoms with Gasteiger partial charge in [-0.25, -0.2) is 13.2 Å². The van der Waals surface area contributed by atoms with E-state index in [1.807, 2.05) is 26.0 Å². The highest BCUT2D eigenvalue weighted by atomic mass is 19.2. The molecule has 2 saturated carbocycles. The first kappa shape index (κ1) is 25.6. The Morgan fingerprint density at radius 2 is 1.74 bits per heavy atom. The summed E-state index contributed by atoms with van der Waals surface area (Å²) < 4.78 is 50.2. The molecular weight excluding hydrogens is 445 g/mol. The van der Waals surface area contributed by atoms with Crippen molar-refractivity contribution in [1.29, 1.82) is 0 Å². The van der Waals surface area contributed by atoms with Crippen molar-refractivity contribution in [2.45, 2.75) is 77.2 Å². The first-order chi connectivity index (χ1) is 17.0. The number of rotatable bonds is 6. The number of hydrogen-bond acceptors (Lipinski definition) is 1. The molecule has 4 heteroatoms. The Morgan fingerprint density at radius 1 is 0.943 bits per heavy atom. The Bertz CT molecular complexity index is 1110. The zero-order valence-electron chi connectivity index (χ0n) is 20.8. The maximum absolute atomic E-state index is 15.1. The van der Waals surface area contributed by atoms with E-state index in [2.05, 4.69) is 11.8 Å². The Morgan fingerprint density at radius 3 is 2.51 bits per heavy atom. The molecule has 4 rings (SSSR count). The zero-order chi connectivity index (χ0) is 24.8. The van der Waals surface area contributed by atoms with Crippen LogP contribution in [0.5, 0.6) is 0 Å². The summed E-state index contributed by atoms with van der Waals surface area (Å²) in [6, 6.07) is 8.06. The zero-order valence-corrected chi connectivity index (χ0v) is 20.8. The van der Waals surface area contributed by atoms with Crippen molar-refractivity contribution >= 4 is 0 Å². The quantitative estimate of drug-likeness (QED) is 0.300. The summed E-state index contributed by atoms with van der Waals surface area (Å²) in [5, 5.41) is 0. The van der Waals surface area contributed by atoms with Crippen molar-refractivity contribution in [3.8, 4) is 11.8 Å². The molecule has 4 atom stereocenters. The van der Waals surface area contributed by atoms with E-state index in [0.29, 0.717) is 41.1 Å². The average molecular weight is 481 g/mol. The van der Waals surface area contributed by atoms with E-state index in [1.54, 1.807) is 24.3 Å². The second kappa shape index (κ2) is 12.0. The molecule has 0 spiro atoms. The van der Waals surface area contributed by atoms with Crippen molar-refractivity contribution < 1.29 is 17.9 Å². The molecule has 0 amide bonds. The van der Waals surface area contributed by atoms with E-state index in [1.165, 1.54) is 6.07 Å². The largest absolute Gasteiger partial charge is 0.378 e. The molecule has 2 aliphatic rings. The van der Waals surface area contributed by atoms with Gasteiger partial charge in [0.15, 0.2) is 11.6 Å². The van der Waals surface area contributed by atoms with E-state index in [9.17, 15) is 8.78 Å². The van der Waals surface area contributed by atoms with Crippen LogP contribution in [0.3, 0.4) is 0 Å². The van der Waals surface area contributed by atoms with Crippen LogP contribution in [0.4, 0.5) is 13.2 Å². The second-order valence-corrected chi connectivity index (χ2v) is 9.91. The summed E-state index contributed by atoms with van der Waals surface area (Å²) in [5.41, 5.74) is 1.54. The minimum atomic E-state index is -0.902. The minimum absolute atomic E-state index is 0.00901. The highest BCUT2D eigenvalue weighted by molar-refractivity contribution is 5.46. The summed E-state index contributed by atoms with van der Waals surface area (Å²) >= 11 is 0. The van der Waals surface area contributed by atoms with Gasteiger partial charge in [0.2, 0.25) is 0 Å². The molecule has 2 aromatic carbocycles. The lowest BCUT2D eigenvalue weighted by molar-refractivity contribution is -0.00970. The molecule has 1 nitrogen and oxygen atoms in total. The molecule has 35 heavy (non-hydrogen) atoms. The van der Waals surface area contributed by atoms with Gasteiger partial charge in [0.25, 0.3) is 0 Å². The third-order valence-corrected chi connectivity index (χ3v) is 7.73. The lowest BCUT2D eigenvalue weighted by Crippen LogP contribution is -2.34. The van der Waals surface area contributed by atoms with Crippen LogP contribution < -0.4 is 0 Å². The summed E-state index contributed by atoms with van der Waals surface area (Å²) in [4.78, 5) is 0. The van der Waals surface area contributed by atoms with E-state index in [4.69, 9.17) is 4.74 Å². The van der Waals surface area contributed by atoms with Gasteiger partial charge in [0, 0.05) is 12.2 Å². The van der Waals surface area contributed by atoms with Gasteiger partial charge in [-0.1, -0.05) is 36.1 Å². The molecule has 186 valence electrons. The molecule has 2 fully saturated rings. The molecule has 0 heterocycles. The smallest absolute Gasteiger partial charge is 0.174 e. The van der Waals surface area contributed by atoms with Crippen LogP contribution >= 0.6 is 0 Å². The summed E-state index contributed by atoms with van der Waals surface area (Å²) in [6.45, 7) is 4.72. The minimum Gasteiger partial charge on any atom is -0.378 e. The normalized spacial score (nSPS) is 24.1. The number of hydrogen-bond donors (Lipinski definition) is 0. The standard InChI is InChI=1S/C31H35F3O/c1-3-5-6-7-22-10-8-21(18-29(22)32)9-11-23-15-17-28(31(34)30(23)33)26-13-12-25-20-27(35-4-2)16-14-24(25)19-26/h3,5,8,10,15,17-18,24-27H,4,6-7,12-14,16,19-20H2,1-2H3/b5-3+. The van der Waals surface area contributed by atoms with Crippen LogP contribution in [0.15, 0.2) is 42.5 Å². The molecule has 0 saturated heterocycles. The fourth-order valence-electron chi connectivity index (χ4n) is 5.86. The fourth-order valence-corrected chi connectivity index (χ4v) is 5.86. The van der Waals surface area contributed by atoms with E-state index < -0.39 is 11.6 Å². The predicted molar refractivity (Wildman–Crippen MR) is 135 cm³/mol. The SMILES string of the molecule is C/C=C/CCc1ccc(C#Cc2ccc(C3CCC4CC(OCC)CCC4C3)c(F)c2F)cc1F. The number of benzene rings is 2. The number of ether oxygens (including phenoxy) is 1. The number of aryl methyl sites for hydroxylation is 1. The summed E-state index contributed by atoms with van der Waals surface area (Å²) in [6.07, 6.45) is 11.7. The highest BCUT2D eigenvalue weighted by Gasteiger charge is 2.37. The van der Waals surface area contributed by atoms with Gasteiger partial charge >= 0.3 is 0 Å². The lowest BCUT2D eigenvalue weighted by Gasteiger charge is -2.42. The molecule has 0 N–H and O–H groups in total. The lowest BCUT2D eigenvalue weighted by atomic mass is 9.65. The predicted octanol–water partition coefficient (Wildman–Crippen LogP) is 8.10. The summed E-state index contributed by atoms with van der Waals surface area (Å²) in [5.74, 6) is 4.72. The van der Waals surface area contributed by atoms with Gasteiger partial charge in [0.05, 0.1) is 11.7 Å². The highest BCUT2D eigenvalue weighted by Crippen LogP contribution is 2.47. The maximum Gasteiger partial charge on any atom is 0.174 e. The van der Waals surface area contributed by atoms with Crippen molar-refractivity contribution in [2.24, 2.45) is 11.8 Å². The maximum atomic E-state index is 15.1. The van der Waals surface area contributed by atoms with Crippen LogP contribution in [-0.4, -0.2) is 12.7 Å². The first-order valence-corrected chi connectivity index (χ1v) is 13.0. The van der Waals surface area contributed by atoms with Crippen LogP contribution in [0, 0.1) is 41.1 Å². The van der Waals surface area contributed by atoms with Crippen LogP contribution in [0.25, 0.3) is 0 Å². The van der Waals surface area contributed by atoms with Gasteiger partial charge in [0.1, 0.15) is 5.82 Å². The first-order valence-electron chi connectivity index (χ1n) is 13.0. The fraction of sp³-hybridized carbons (Fsp3) is 0.484. The summed E-state index contributed by atoms with van der Waals surface area (Å²) in [7, 11) is 0. The van der Waals surface area contributed by atoms with Gasteiger partial charge in [-0.15, -0.1) is 0 Å². The third-order valence-electron chi connectivity index (χ3n) is 7.73. The van der Waals surface area contributed by atoms with Gasteiger partial charge in [-0.3, -0.25) is 0 Å². The van der Waals surface area contributed by atoms with Crippen LogP contribution in [-0.2, 0) is 11.2 Å². The third kappa shape index (κ3) is 6.19. The second-order valence-electron chi connectivity index (χ2n) is 9.91. The van der Waals surface area contributed by atoms with Crippen molar-refractivity contribution in [3.05, 3.63) is 82.2 Å². The van der Waals surface area contributed by atoms with Gasteiger partial charge in [-0.05, 0) is 112 Å². The molecule has 2 aliphatic carbocycles. The molecule has 0 aliphatic heterocycles. The number of fused-ring (bicyclic) bond motifs is 1. The molecule has 0 radical (unpaired) electrons. The molecule has 0 aromatic heterocycles. The van der Waals surface area contributed by atoms with Crippen molar-refractivity contribution in [3.63, 3.8) is 0 Å². The van der Waals surface area contributed by atoms with Crippen LogP contribution in [0.1, 0.15) is 87.0 Å². The monoisotopic (exact) mass is 480 g/mol. The van der Waals surface area contributed by atoms with Crippen LogP contribution in [0.2, 0.25) is 0 Å². The van der Waals surface area contributed by atoms with Crippen molar-refractivity contribution in [1.82, 2.24) is 0 Å². The topological polar surface area (TPSA) is 9.23 Å². The van der Waals surface area contributed by atoms with E-state index in [0.717, 1.165) is 51.6 Å². The number of halogens is 3. The Hall–Kier alpha value is -2.51. The molecule has 2 aromatic rings. The van der Waals surface area contributed by atoms with Gasteiger partial charge < -0.3 is 4.74 Å². The number of allylic oxidation sites excluding steroid dienone is 2. The van der Waals surface area contributed by atoms with E-state index in [-0.39, 0.29) is 17.3 Å². The van der Waals surface area contributed by atoms with Gasteiger partial charge in [-0.2, -0.15) is 0 Å².